The van der Waals surface area contributed by atoms with E-state index in [1.807, 2.05) is 0 Å². The summed E-state index contributed by atoms with van der Waals surface area (Å²) in [6, 6.07) is 0. The molecule has 3 rings (SSSR count). The van der Waals surface area contributed by atoms with Crippen LogP contribution in [-0.4, -0.2) is 106 Å². The van der Waals surface area contributed by atoms with E-state index in [1.54, 1.807) is 9.80 Å². The number of aliphatic hydroxyl groups is 4. The van der Waals surface area contributed by atoms with E-state index < -0.39 is 5.56 Å². The van der Waals surface area contributed by atoms with Crippen molar-refractivity contribution in [2.45, 2.75) is 19.3 Å². The van der Waals surface area contributed by atoms with Crippen molar-refractivity contribution in [3.8, 4) is 0 Å². The molecule has 1 aliphatic rings. The zero-order valence-corrected chi connectivity index (χ0v) is 17.6. The first kappa shape index (κ1) is 23.1. The lowest BCUT2D eigenvalue weighted by Crippen LogP contribution is -2.36. The molecule has 2 aromatic rings. The molecule has 2 aromatic heterocycles. The smallest absolute Gasteiger partial charge is 0.279 e. The molecule has 1 saturated heterocycles. The number of nitrogens with zero attached hydrogens (tertiary/aromatic N) is 6. The fraction of sp³-hybridized carbons (Fsp3) is 0.684. The minimum atomic E-state index is -0.462. The van der Waals surface area contributed by atoms with Crippen LogP contribution in [0.2, 0.25) is 0 Å². The molecule has 0 amide bonds. The molecule has 0 bridgehead atoms. The first-order chi connectivity index (χ1) is 15.1. The number of nitrogens with one attached hydrogen (secondary N) is 1. The molecular weight excluding hydrogens is 406 g/mol. The Hall–Kier alpha value is -2.54. The molecule has 1 fully saturated rings. The monoisotopic (exact) mass is 437 g/mol. The third-order valence-electron chi connectivity index (χ3n) is 5.23. The average molecular weight is 438 g/mol. The van der Waals surface area contributed by atoms with Gasteiger partial charge in [-0.25, -0.2) is 9.97 Å². The van der Waals surface area contributed by atoms with Crippen LogP contribution in [0.5, 0.6) is 0 Å². The lowest BCUT2D eigenvalue weighted by Gasteiger charge is -2.30. The number of anilines is 3. The van der Waals surface area contributed by atoms with Crippen LogP contribution < -0.4 is 20.3 Å². The van der Waals surface area contributed by atoms with Crippen molar-refractivity contribution in [1.29, 1.82) is 0 Å². The Balaban J connectivity index is 2.17. The Morgan fingerprint density at radius 1 is 0.774 bits per heavy atom. The summed E-state index contributed by atoms with van der Waals surface area (Å²) in [7, 11) is 0. The topological polar surface area (TPSA) is 162 Å². The van der Waals surface area contributed by atoms with E-state index in [1.165, 1.54) is 0 Å². The first-order valence-electron chi connectivity index (χ1n) is 10.6. The summed E-state index contributed by atoms with van der Waals surface area (Å²) in [4.78, 5) is 34.6. The Morgan fingerprint density at radius 2 is 1.35 bits per heavy atom. The van der Waals surface area contributed by atoms with E-state index >= 15 is 0 Å². The Morgan fingerprint density at radius 3 is 1.94 bits per heavy atom. The highest BCUT2D eigenvalue weighted by Gasteiger charge is 2.23. The fourth-order valence-corrected chi connectivity index (χ4v) is 3.72. The van der Waals surface area contributed by atoms with Gasteiger partial charge in [-0.15, -0.1) is 0 Å². The highest BCUT2D eigenvalue weighted by molar-refractivity contribution is 5.87. The molecule has 0 aromatic carbocycles. The number of rotatable bonds is 11. The molecular formula is C19H31N7O5. The zero-order valence-electron chi connectivity index (χ0n) is 17.6. The van der Waals surface area contributed by atoms with Gasteiger partial charge in [-0.05, 0) is 19.3 Å². The van der Waals surface area contributed by atoms with Gasteiger partial charge in [0, 0.05) is 39.3 Å². The standard InChI is InChI=1S/C19H31N7O5/c27-10-6-25(7-11-28)18-21-15-14(16(22-18)24-4-2-1-3-5-24)20-19(23-17(15)31)26(8-12-29)9-13-30/h27-30H,1-13H2,(H,20,23,31). The molecule has 0 atom stereocenters. The maximum absolute atomic E-state index is 13.0. The maximum Gasteiger partial charge on any atom is 0.279 e. The second kappa shape index (κ2) is 11.2. The number of fused-ring (bicyclic) bond motifs is 1. The van der Waals surface area contributed by atoms with E-state index in [0.717, 1.165) is 32.4 Å². The van der Waals surface area contributed by atoms with E-state index in [-0.39, 0.29) is 70.0 Å². The Bertz CT molecular complexity index is 891. The van der Waals surface area contributed by atoms with Gasteiger partial charge in [0.1, 0.15) is 5.52 Å². The van der Waals surface area contributed by atoms with Crippen LogP contribution in [0, 0.1) is 0 Å². The first-order valence-corrected chi connectivity index (χ1v) is 10.6. The lowest BCUT2D eigenvalue weighted by atomic mass is 10.1. The summed E-state index contributed by atoms with van der Waals surface area (Å²) >= 11 is 0. The molecule has 0 aliphatic carbocycles. The molecule has 0 radical (unpaired) electrons. The second-order valence-corrected chi connectivity index (χ2v) is 7.35. The molecule has 31 heavy (non-hydrogen) atoms. The van der Waals surface area contributed by atoms with Crippen LogP contribution in [0.15, 0.2) is 4.79 Å². The van der Waals surface area contributed by atoms with E-state index in [0.29, 0.717) is 11.3 Å². The molecule has 5 N–H and O–H groups in total. The highest BCUT2D eigenvalue weighted by Crippen LogP contribution is 2.27. The van der Waals surface area contributed by atoms with Crippen LogP contribution in [0.1, 0.15) is 19.3 Å². The summed E-state index contributed by atoms with van der Waals surface area (Å²) < 4.78 is 0. The van der Waals surface area contributed by atoms with Crippen molar-refractivity contribution >= 4 is 28.7 Å². The Labute approximate surface area is 179 Å². The van der Waals surface area contributed by atoms with Crippen molar-refractivity contribution < 1.29 is 20.4 Å². The van der Waals surface area contributed by atoms with Crippen molar-refractivity contribution in [2.75, 3.05) is 80.4 Å². The number of hydrogen-bond donors (Lipinski definition) is 5. The summed E-state index contributed by atoms with van der Waals surface area (Å²) in [5.74, 6) is 1.01. The zero-order chi connectivity index (χ0) is 22.2. The second-order valence-electron chi connectivity index (χ2n) is 7.35. The van der Waals surface area contributed by atoms with E-state index in [2.05, 4.69) is 24.8 Å². The summed E-state index contributed by atoms with van der Waals surface area (Å²) in [6.45, 7) is 1.77. The lowest BCUT2D eigenvalue weighted by molar-refractivity contribution is 0.279. The number of piperidine rings is 1. The van der Waals surface area contributed by atoms with Gasteiger partial charge < -0.3 is 35.1 Å². The quantitative estimate of drug-likeness (QED) is 0.272. The molecule has 0 unspecified atom stereocenters. The van der Waals surface area contributed by atoms with Crippen molar-refractivity contribution in [1.82, 2.24) is 19.9 Å². The van der Waals surface area contributed by atoms with Crippen LogP contribution >= 0.6 is 0 Å². The molecule has 172 valence electrons. The minimum absolute atomic E-state index is 0.114. The summed E-state index contributed by atoms with van der Waals surface area (Å²) in [5, 5.41) is 37.5. The van der Waals surface area contributed by atoms with Gasteiger partial charge in [0.25, 0.3) is 5.56 Å². The predicted octanol–water partition coefficient (Wildman–Crippen LogP) is -1.71. The number of hydrogen-bond acceptors (Lipinski definition) is 11. The summed E-state index contributed by atoms with van der Waals surface area (Å²) in [5.41, 5.74) is -0.00267. The van der Waals surface area contributed by atoms with E-state index in [9.17, 15) is 25.2 Å². The Kier molecular flexibility index (Phi) is 8.35. The highest BCUT2D eigenvalue weighted by atomic mass is 16.3. The van der Waals surface area contributed by atoms with Gasteiger partial charge in [-0.1, -0.05) is 0 Å². The normalized spacial score (nSPS) is 14.3. The number of aliphatic hydroxyl groups excluding tert-OH is 4. The van der Waals surface area contributed by atoms with Crippen LogP contribution in [0.3, 0.4) is 0 Å². The van der Waals surface area contributed by atoms with Gasteiger partial charge in [-0.2, -0.15) is 4.98 Å². The molecule has 12 nitrogen and oxygen atoms in total. The third-order valence-corrected chi connectivity index (χ3v) is 5.23. The largest absolute Gasteiger partial charge is 0.395 e. The molecule has 0 spiro atoms. The predicted molar refractivity (Wildman–Crippen MR) is 117 cm³/mol. The molecule has 1 aliphatic heterocycles. The molecule has 0 saturated carbocycles. The maximum atomic E-state index is 13.0. The van der Waals surface area contributed by atoms with Gasteiger partial charge >= 0.3 is 0 Å². The summed E-state index contributed by atoms with van der Waals surface area (Å²) in [6.07, 6.45) is 3.11. The van der Waals surface area contributed by atoms with E-state index in [4.69, 9.17) is 0 Å². The SMILES string of the molecule is O=c1[nH]c(N(CCO)CCO)nc2c(N3CCCCC3)nc(N(CCO)CCO)nc12. The van der Waals surface area contributed by atoms with Gasteiger partial charge in [0.2, 0.25) is 11.9 Å². The van der Waals surface area contributed by atoms with Crippen molar-refractivity contribution in [2.24, 2.45) is 0 Å². The van der Waals surface area contributed by atoms with Crippen LogP contribution in [-0.2, 0) is 0 Å². The number of aromatic amines is 1. The van der Waals surface area contributed by atoms with Gasteiger partial charge in [-0.3, -0.25) is 9.78 Å². The third kappa shape index (κ3) is 5.39. The van der Waals surface area contributed by atoms with Crippen molar-refractivity contribution in [3.05, 3.63) is 10.4 Å². The molecule has 12 heteroatoms. The van der Waals surface area contributed by atoms with Gasteiger partial charge in [0.05, 0.1) is 26.4 Å². The minimum Gasteiger partial charge on any atom is -0.395 e. The number of aromatic nitrogens is 4. The molecule has 3 heterocycles. The van der Waals surface area contributed by atoms with Crippen LogP contribution in [0.25, 0.3) is 11.0 Å². The van der Waals surface area contributed by atoms with Crippen molar-refractivity contribution in [3.63, 3.8) is 0 Å². The van der Waals surface area contributed by atoms with Crippen LogP contribution in [0.4, 0.5) is 17.7 Å². The number of H-pyrrole nitrogens is 1. The fourth-order valence-electron chi connectivity index (χ4n) is 3.72. The average Bonchev–Trinajstić information content (AvgIpc) is 2.79. The van der Waals surface area contributed by atoms with Gasteiger partial charge in [0.15, 0.2) is 11.3 Å².